The second-order valence-corrected chi connectivity index (χ2v) is 16.8. The van der Waals surface area contributed by atoms with Crippen LogP contribution in [0.25, 0.3) is 60.6 Å². The maximum absolute atomic E-state index is 14.0. The average Bonchev–Trinajstić information content (AvgIpc) is 3.88. The number of anilines is 5. The number of hydrogen-bond donors (Lipinski definition) is 0. The number of aromatic nitrogens is 2. The van der Waals surface area contributed by atoms with Gasteiger partial charge in [-0.05, 0) is 164 Å². The Morgan fingerprint density at radius 3 is 1.39 bits per heavy atom. The van der Waals surface area contributed by atoms with Gasteiger partial charge in [0, 0.05) is 67.1 Å². The van der Waals surface area contributed by atoms with Crippen molar-refractivity contribution in [3.8, 4) is 11.4 Å². The van der Waals surface area contributed by atoms with Crippen molar-refractivity contribution in [2.24, 2.45) is 0 Å². The normalized spacial score (nSPS) is 12.1. The molecule has 324 valence electrons. The summed E-state index contributed by atoms with van der Waals surface area (Å²) in [6.07, 6.45) is 5.32. The summed E-state index contributed by atoms with van der Waals surface area (Å²) in [6.45, 7) is 4.37. The van der Waals surface area contributed by atoms with Crippen molar-refractivity contribution in [1.82, 2.24) is 9.13 Å². The first kappa shape index (κ1) is 41.2. The molecule has 0 N–H and O–H groups in total. The van der Waals surface area contributed by atoms with Crippen LogP contribution in [0.1, 0.15) is 25.8 Å². The van der Waals surface area contributed by atoms with Crippen molar-refractivity contribution >= 4 is 77.6 Å². The minimum atomic E-state index is -0.254. The molecule has 0 amide bonds. The Bertz CT molecular complexity index is 3620. The summed E-state index contributed by atoms with van der Waals surface area (Å²) >= 11 is 0. The largest absolute Gasteiger partial charge is 0.314 e. The molecule has 11 rings (SSSR count). The van der Waals surface area contributed by atoms with Crippen molar-refractivity contribution in [2.75, 3.05) is 9.80 Å². The highest BCUT2D eigenvalue weighted by Crippen LogP contribution is 2.41. The van der Waals surface area contributed by atoms with E-state index in [1.807, 2.05) is 36.4 Å². The second kappa shape index (κ2) is 17.5. The predicted octanol–water partition coefficient (Wildman–Crippen LogP) is 17.2. The van der Waals surface area contributed by atoms with Gasteiger partial charge in [-0.1, -0.05) is 97.9 Å². The van der Waals surface area contributed by atoms with Crippen LogP contribution in [-0.4, -0.2) is 9.13 Å². The van der Waals surface area contributed by atoms with E-state index < -0.39 is 0 Å². The molecule has 67 heavy (non-hydrogen) atoms. The van der Waals surface area contributed by atoms with E-state index in [2.05, 4.69) is 203 Å². The first-order valence-electron chi connectivity index (χ1n) is 22.7. The molecule has 6 heteroatoms. The standard InChI is InChI=1S/C61H46F2N4/c1-3-43(23-22-42(2)64(47-14-6-4-7-15-47)52-36-38-60-56(40-52)54-18-10-12-20-58(54)66(60)50-32-26-45(62)27-33-50)44-24-30-49(31-25-44)65(48-16-8-5-9-17-48)53-37-39-61-57(41-53)55-19-11-13-21-59(55)67(61)51-34-28-46(63)29-35-51/h4-41H,3H2,1-2H3/b42-22+,43-23+. The number of allylic oxidation sites excluding steroid dienone is 4. The van der Waals surface area contributed by atoms with Crippen LogP contribution in [0, 0.1) is 11.6 Å². The Morgan fingerprint density at radius 1 is 0.418 bits per heavy atom. The first-order chi connectivity index (χ1) is 32.9. The lowest BCUT2D eigenvalue weighted by Gasteiger charge is -2.26. The Balaban J connectivity index is 0.951. The molecular formula is C61H46F2N4. The minimum absolute atomic E-state index is 0.254. The van der Waals surface area contributed by atoms with Crippen LogP contribution in [-0.2, 0) is 0 Å². The fraction of sp³-hybridized carbons (Fsp3) is 0.0492. The van der Waals surface area contributed by atoms with E-state index in [0.717, 1.165) is 101 Å². The molecule has 0 aliphatic rings. The molecule has 2 heterocycles. The smallest absolute Gasteiger partial charge is 0.123 e. The van der Waals surface area contributed by atoms with E-state index in [9.17, 15) is 8.78 Å². The molecule has 4 nitrogen and oxygen atoms in total. The van der Waals surface area contributed by atoms with Crippen molar-refractivity contribution in [2.45, 2.75) is 20.3 Å². The topological polar surface area (TPSA) is 16.3 Å². The molecule has 0 aliphatic heterocycles. The average molecular weight is 873 g/mol. The number of halogens is 2. The Morgan fingerprint density at radius 2 is 0.851 bits per heavy atom. The highest BCUT2D eigenvalue weighted by Gasteiger charge is 2.19. The van der Waals surface area contributed by atoms with Crippen molar-refractivity contribution in [1.29, 1.82) is 0 Å². The summed E-state index contributed by atoms with van der Waals surface area (Å²) in [5, 5.41) is 4.51. The van der Waals surface area contributed by atoms with Gasteiger partial charge in [-0.15, -0.1) is 0 Å². The molecule has 0 fully saturated rings. The quantitative estimate of drug-likeness (QED) is 0.120. The van der Waals surface area contributed by atoms with Gasteiger partial charge in [0.05, 0.1) is 22.1 Å². The third-order valence-electron chi connectivity index (χ3n) is 12.8. The van der Waals surface area contributed by atoms with Crippen LogP contribution >= 0.6 is 0 Å². The Kier molecular flexibility index (Phi) is 10.8. The highest BCUT2D eigenvalue weighted by molar-refractivity contribution is 6.12. The first-order valence-corrected chi connectivity index (χ1v) is 22.7. The van der Waals surface area contributed by atoms with Gasteiger partial charge in [0.25, 0.3) is 0 Å². The van der Waals surface area contributed by atoms with Crippen LogP contribution in [0.2, 0.25) is 0 Å². The van der Waals surface area contributed by atoms with Crippen LogP contribution in [0.3, 0.4) is 0 Å². The molecule has 0 saturated heterocycles. The number of rotatable bonds is 11. The summed E-state index contributed by atoms with van der Waals surface area (Å²) in [5.41, 5.74) is 14.8. The number of nitrogens with zero attached hydrogens (tertiary/aromatic N) is 4. The molecule has 2 aromatic heterocycles. The third kappa shape index (κ3) is 7.62. The zero-order valence-corrected chi connectivity index (χ0v) is 37.2. The minimum Gasteiger partial charge on any atom is -0.314 e. The van der Waals surface area contributed by atoms with Crippen LogP contribution < -0.4 is 9.80 Å². The summed E-state index contributed by atoms with van der Waals surface area (Å²) < 4.78 is 32.5. The molecule has 0 atom stereocenters. The van der Waals surface area contributed by atoms with Gasteiger partial charge in [0.15, 0.2) is 0 Å². The van der Waals surface area contributed by atoms with Crippen molar-refractivity contribution in [3.05, 3.63) is 253 Å². The fourth-order valence-corrected chi connectivity index (χ4v) is 9.63. The SMILES string of the molecule is CC/C(=C\C=C(/C)N(c1ccccc1)c1ccc2c(c1)c1ccccc1n2-c1ccc(F)cc1)c1ccc(N(c2ccccc2)c2ccc3c(c2)c2ccccc2n3-c2ccc(F)cc2)cc1. The molecule has 11 aromatic rings. The molecule has 0 saturated carbocycles. The highest BCUT2D eigenvalue weighted by atomic mass is 19.1. The van der Waals surface area contributed by atoms with Gasteiger partial charge >= 0.3 is 0 Å². The Labute approximate surface area is 388 Å². The second-order valence-electron chi connectivity index (χ2n) is 16.8. The summed E-state index contributed by atoms with van der Waals surface area (Å²) in [5.74, 6) is -0.508. The number of benzene rings is 9. The number of fused-ring (bicyclic) bond motifs is 6. The van der Waals surface area contributed by atoms with Crippen molar-refractivity contribution in [3.63, 3.8) is 0 Å². The number of hydrogen-bond acceptors (Lipinski definition) is 2. The van der Waals surface area contributed by atoms with Gasteiger partial charge in [-0.3, -0.25) is 0 Å². The lowest BCUT2D eigenvalue weighted by atomic mass is 10.0. The number of para-hydroxylation sites is 4. The molecule has 0 aliphatic carbocycles. The van der Waals surface area contributed by atoms with Crippen LogP contribution in [0.5, 0.6) is 0 Å². The zero-order valence-electron chi connectivity index (χ0n) is 37.2. The predicted molar refractivity (Wildman–Crippen MR) is 277 cm³/mol. The summed E-state index contributed by atoms with van der Waals surface area (Å²) in [4.78, 5) is 4.61. The van der Waals surface area contributed by atoms with E-state index in [1.54, 1.807) is 0 Å². The molecule has 0 spiro atoms. The van der Waals surface area contributed by atoms with Gasteiger partial charge in [0.2, 0.25) is 0 Å². The van der Waals surface area contributed by atoms with Crippen LogP contribution in [0.4, 0.5) is 37.2 Å². The molecule has 0 unspecified atom stereocenters. The van der Waals surface area contributed by atoms with Gasteiger partial charge in [-0.2, -0.15) is 0 Å². The van der Waals surface area contributed by atoms with E-state index in [1.165, 1.54) is 29.8 Å². The summed E-state index contributed by atoms with van der Waals surface area (Å²) in [6, 6.07) is 73.3. The maximum Gasteiger partial charge on any atom is 0.123 e. The van der Waals surface area contributed by atoms with Crippen LogP contribution in [0.15, 0.2) is 236 Å². The molecule has 0 radical (unpaired) electrons. The Hall–Kier alpha value is -8.48. The van der Waals surface area contributed by atoms with E-state index in [0.29, 0.717) is 0 Å². The van der Waals surface area contributed by atoms with Gasteiger partial charge in [0.1, 0.15) is 11.6 Å². The fourth-order valence-electron chi connectivity index (χ4n) is 9.63. The molecule has 9 aromatic carbocycles. The molecule has 0 bridgehead atoms. The van der Waals surface area contributed by atoms with Gasteiger partial charge in [-0.25, -0.2) is 8.78 Å². The lowest BCUT2D eigenvalue weighted by Crippen LogP contribution is -2.14. The monoisotopic (exact) mass is 872 g/mol. The van der Waals surface area contributed by atoms with E-state index in [-0.39, 0.29) is 11.6 Å². The lowest BCUT2D eigenvalue weighted by molar-refractivity contribution is 0.627. The van der Waals surface area contributed by atoms with E-state index in [4.69, 9.17) is 0 Å². The third-order valence-corrected chi connectivity index (χ3v) is 12.8. The zero-order chi connectivity index (χ0) is 45.4. The van der Waals surface area contributed by atoms with E-state index >= 15 is 0 Å². The van der Waals surface area contributed by atoms with Gasteiger partial charge < -0.3 is 18.9 Å². The molecular weight excluding hydrogens is 827 g/mol. The maximum atomic E-state index is 14.0. The summed E-state index contributed by atoms with van der Waals surface area (Å²) in [7, 11) is 0. The van der Waals surface area contributed by atoms with Crippen molar-refractivity contribution < 1.29 is 8.78 Å².